The van der Waals surface area contributed by atoms with Crippen molar-refractivity contribution in [2.75, 3.05) is 25.6 Å². The molecule has 1 amide bonds. The Kier molecular flexibility index (Phi) is 7.76. The molecule has 2 aromatic carbocycles. The van der Waals surface area contributed by atoms with Crippen LogP contribution in [0.4, 0.5) is 5.69 Å². The van der Waals surface area contributed by atoms with Crippen LogP contribution >= 0.6 is 11.6 Å². The van der Waals surface area contributed by atoms with Gasteiger partial charge in [-0.2, -0.15) is 0 Å². The van der Waals surface area contributed by atoms with Crippen LogP contribution in [-0.2, 0) is 14.3 Å². The lowest BCUT2D eigenvalue weighted by atomic mass is 10.3. The molecule has 0 spiro atoms. The van der Waals surface area contributed by atoms with Gasteiger partial charge in [0.15, 0.2) is 6.61 Å². The average Bonchev–Trinajstić information content (AvgIpc) is 2.64. The van der Waals surface area contributed by atoms with Gasteiger partial charge in [-0.15, -0.1) is 0 Å². The Balaban J connectivity index is 1.63. The van der Waals surface area contributed by atoms with Gasteiger partial charge in [-0.3, -0.25) is 9.59 Å². The molecule has 1 N–H and O–H groups in total. The summed E-state index contributed by atoms with van der Waals surface area (Å²) in [4.78, 5) is 23.5. The van der Waals surface area contributed by atoms with Crippen molar-refractivity contribution < 1.29 is 23.8 Å². The molecule has 0 aliphatic carbocycles. The smallest absolute Gasteiger partial charge is 0.306 e. The summed E-state index contributed by atoms with van der Waals surface area (Å²) in [5, 5.41) is 2.97. The number of anilines is 1. The third kappa shape index (κ3) is 6.64. The van der Waals surface area contributed by atoms with Crippen molar-refractivity contribution in [1.82, 2.24) is 0 Å². The quantitative estimate of drug-likeness (QED) is 0.533. The van der Waals surface area contributed by atoms with E-state index in [4.69, 9.17) is 25.8 Å². The van der Waals surface area contributed by atoms with E-state index in [0.717, 1.165) is 5.75 Å². The molecule has 2 aromatic rings. The number of halogens is 1. The van der Waals surface area contributed by atoms with Gasteiger partial charge in [-0.25, -0.2) is 0 Å². The van der Waals surface area contributed by atoms with Crippen LogP contribution in [0, 0.1) is 0 Å². The number of esters is 1. The van der Waals surface area contributed by atoms with Crippen LogP contribution in [0.5, 0.6) is 11.5 Å². The van der Waals surface area contributed by atoms with E-state index in [-0.39, 0.29) is 13.0 Å². The molecular formula is C19H20ClNO5. The van der Waals surface area contributed by atoms with Crippen molar-refractivity contribution >= 4 is 29.2 Å². The number of rotatable bonds is 9. The first-order chi connectivity index (χ1) is 12.6. The molecular weight excluding hydrogens is 358 g/mol. The van der Waals surface area contributed by atoms with Crippen LogP contribution in [0.3, 0.4) is 0 Å². The summed E-state index contributed by atoms with van der Waals surface area (Å²) in [7, 11) is 1.50. The summed E-state index contributed by atoms with van der Waals surface area (Å²) >= 11 is 5.98. The van der Waals surface area contributed by atoms with E-state index in [0.29, 0.717) is 29.5 Å². The van der Waals surface area contributed by atoms with Crippen LogP contribution in [0.1, 0.15) is 12.8 Å². The number of hydrogen-bond donors (Lipinski definition) is 1. The lowest BCUT2D eigenvalue weighted by Gasteiger charge is -2.09. The third-order valence-electron chi connectivity index (χ3n) is 3.34. The first-order valence-corrected chi connectivity index (χ1v) is 8.43. The van der Waals surface area contributed by atoms with Crippen molar-refractivity contribution in [3.8, 4) is 11.5 Å². The summed E-state index contributed by atoms with van der Waals surface area (Å²) in [6.45, 7) is 0.0394. The molecule has 2 rings (SSSR count). The molecule has 0 unspecified atom stereocenters. The standard InChI is InChI=1S/C19H20ClNO5/c1-24-17-10-9-14(12-16(17)20)21-18(22)13-26-19(23)8-5-11-25-15-6-3-2-4-7-15/h2-4,6-7,9-10,12H,5,8,11,13H2,1H3,(H,21,22). The number of methoxy groups -OCH3 is 1. The van der Waals surface area contributed by atoms with Crippen LogP contribution in [0.2, 0.25) is 5.02 Å². The van der Waals surface area contributed by atoms with Gasteiger partial charge in [-0.05, 0) is 36.8 Å². The molecule has 138 valence electrons. The van der Waals surface area contributed by atoms with Gasteiger partial charge in [0.2, 0.25) is 0 Å². The summed E-state index contributed by atoms with van der Waals surface area (Å²) < 4.78 is 15.5. The zero-order valence-corrected chi connectivity index (χ0v) is 15.1. The number of ether oxygens (including phenoxy) is 3. The highest BCUT2D eigenvalue weighted by molar-refractivity contribution is 6.32. The molecule has 0 aliphatic rings. The summed E-state index contributed by atoms with van der Waals surface area (Å²) in [6.07, 6.45) is 0.678. The Hall–Kier alpha value is -2.73. The second-order valence-corrected chi connectivity index (χ2v) is 5.73. The predicted molar refractivity (Wildman–Crippen MR) is 98.8 cm³/mol. The zero-order chi connectivity index (χ0) is 18.8. The fourth-order valence-electron chi connectivity index (χ4n) is 2.08. The number of hydrogen-bond acceptors (Lipinski definition) is 5. The molecule has 6 nitrogen and oxygen atoms in total. The molecule has 0 heterocycles. The van der Waals surface area contributed by atoms with Crippen LogP contribution in [0.15, 0.2) is 48.5 Å². The Morgan fingerprint density at radius 1 is 1.12 bits per heavy atom. The van der Waals surface area contributed by atoms with Crippen molar-refractivity contribution in [2.24, 2.45) is 0 Å². The number of carbonyl (C=O) groups excluding carboxylic acids is 2. The van der Waals surface area contributed by atoms with Gasteiger partial charge in [0.1, 0.15) is 11.5 Å². The van der Waals surface area contributed by atoms with Crippen molar-refractivity contribution in [2.45, 2.75) is 12.8 Å². The largest absolute Gasteiger partial charge is 0.495 e. The first-order valence-electron chi connectivity index (χ1n) is 8.05. The van der Waals surface area contributed by atoms with Gasteiger partial charge in [0, 0.05) is 12.1 Å². The Morgan fingerprint density at radius 3 is 2.58 bits per heavy atom. The SMILES string of the molecule is COc1ccc(NC(=O)COC(=O)CCCOc2ccccc2)cc1Cl. The lowest BCUT2D eigenvalue weighted by Crippen LogP contribution is -2.21. The Labute approximate surface area is 157 Å². The molecule has 0 atom stereocenters. The molecule has 0 saturated heterocycles. The van der Waals surface area contributed by atoms with Crippen LogP contribution in [-0.4, -0.2) is 32.2 Å². The minimum atomic E-state index is -0.454. The predicted octanol–water partition coefficient (Wildman–Crippen LogP) is 3.69. The molecule has 0 saturated carbocycles. The Morgan fingerprint density at radius 2 is 1.88 bits per heavy atom. The van der Waals surface area contributed by atoms with E-state index < -0.39 is 11.9 Å². The summed E-state index contributed by atoms with van der Waals surface area (Å²) in [5.41, 5.74) is 0.494. The maximum absolute atomic E-state index is 11.8. The second kappa shape index (κ2) is 10.3. The zero-order valence-electron chi connectivity index (χ0n) is 14.4. The lowest BCUT2D eigenvalue weighted by molar-refractivity contribution is -0.147. The maximum Gasteiger partial charge on any atom is 0.306 e. The number of nitrogens with one attached hydrogen (secondary N) is 1. The van der Waals surface area contributed by atoms with Gasteiger partial charge in [0.05, 0.1) is 18.7 Å². The van der Waals surface area contributed by atoms with Gasteiger partial charge in [0.25, 0.3) is 5.91 Å². The van der Waals surface area contributed by atoms with Gasteiger partial charge < -0.3 is 19.5 Å². The summed E-state index contributed by atoms with van der Waals surface area (Å²) in [6, 6.07) is 14.2. The van der Waals surface area contributed by atoms with E-state index >= 15 is 0 Å². The van der Waals surface area contributed by atoms with Gasteiger partial charge >= 0.3 is 5.97 Å². The number of benzene rings is 2. The normalized spacial score (nSPS) is 10.1. The maximum atomic E-state index is 11.8. The highest BCUT2D eigenvalue weighted by Gasteiger charge is 2.09. The number of amides is 1. The highest BCUT2D eigenvalue weighted by Crippen LogP contribution is 2.27. The summed E-state index contributed by atoms with van der Waals surface area (Å²) in [5.74, 6) is 0.358. The molecule has 0 radical (unpaired) electrons. The van der Waals surface area contributed by atoms with E-state index in [1.54, 1.807) is 18.2 Å². The third-order valence-corrected chi connectivity index (χ3v) is 3.63. The molecule has 0 fully saturated rings. The van der Waals surface area contributed by atoms with E-state index in [1.807, 2.05) is 30.3 Å². The molecule has 0 aromatic heterocycles. The van der Waals surface area contributed by atoms with Crippen LogP contribution in [0.25, 0.3) is 0 Å². The second-order valence-electron chi connectivity index (χ2n) is 5.32. The minimum Gasteiger partial charge on any atom is -0.495 e. The Bertz CT molecular complexity index is 736. The number of carbonyl (C=O) groups is 2. The van der Waals surface area contributed by atoms with E-state index in [1.165, 1.54) is 7.11 Å². The first kappa shape index (κ1) is 19.6. The van der Waals surface area contributed by atoms with Crippen molar-refractivity contribution in [3.63, 3.8) is 0 Å². The van der Waals surface area contributed by atoms with E-state index in [2.05, 4.69) is 5.32 Å². The molecule has 0 aliphatic heterocycles. The topological polar surface area (TPSA) is 73.9 Å². The molecule has 26 heavy (non-hydrogen) atoms. The fourth-order valence-corrected chi connectivity index (χ4v) is 2.34. The van der Waals surface area contributed by atoms with Crippen LogP contribution < -0.4 is 14.8 Å². The number of para-hydroxylation sites is 1. The van der Waals surface area contributed by atoms with Crippen molar-refractivity contribution in [3.05, 3.63) is 53.6 Å². The average molecular weight is 378 g/mol. The minimum absolute atomic E-state index is 0.175. The monoisotopic (exact) mass is 377 g/mol. The van der Waals surface area contributed by atoms with Gasteiger partial charge in [-0.1, -0.05) is 29.8 Å². The fraction of sp³-hybridized carbons (Fsp3) is 0.263. The van der Waals surface area contributed by atoms with E-state index in [9.17, 15) is 9.59 Å². The molecule has 0 bridgehead atoms. The van der Waals surface area contributed by atoms with Crippen molar-refractivity contribution in [1.29, 1.82) is 0 Å². The highest BCUT2D eigenvalue weighted by atomic mass is 35.5. The molecule has 7 heteroatoms.